The standard InChI is InChI=1S/C18H18OS2/c1-2-3-8-14(19)13-21-17-11-6-4-9-15(17)20-16-10-5-7-12-18(16)21/h4-7,9-13H,2-3,8H2,1H3/p+1/b14-13-. The molecule has 1 aliphatic heterocycles. The topological polar surface area (TPSA) is 20.2 Å². The van der Waals surface area contributed by atoms with Crippen LogP contribution in [-0.2, 0) is 10.9 Å². The molecule has 108 valence electrons. The predicted molar refractivity (Wildman–Crippen MR) is 91.1 cm³/mol. The van der Waals surface area contributed by atoms with Crippen molar-refractivity contribution in [2.24, 2.45) is 0 Å². The van der Waals surface area contributed by atoms with Gasteiger partial charge in [-0.25, -0.2) is 0 Å². The van der Waals surface area contributed by atoms with E-state index in [0.717, 1.165) is 19.3 Å². The highest BCUT2D eigenvalue weighted by Crippen LogP contribution is 2.46. The molecule has 21 heavy (non-hydrogen) atoms. The van der Waals surface area contributed by atoms with Gasteiger partial charge in [0, 0.05) is 6.42 Å². The van der Waals surface area contributed by atoms with E-state index in [1.807, 2.05) is 11.8 Å². The lowest BCUT2D eigenvalue weighted by atomic mass is 10.2. The van der Waals surface area contributed by atoms with Crippen LogP contribution in [0.5, 0.6) is 0 Å². The molecule has 1 heterocycles. The molecule has 2 aromatic rings. The van der Waals surface area contributed by atoms with Crippen LogP contribution in [0.3, 0.4) is 0 Å². The van der Waals surface area contributed by atoms with Crippen LogP contribution in [0.1, 0.15) is 26.2 Å². The normalized spacial score (nSPS) is 14.6. The van der Waals surface area contributed by atoms with E-state index in [1.165, 1.54) is 19.6 Å². The van der Waals surface area contributed by atoms with E-state index in [2.05, 4.69) is 60.9 Å². The molecule has 0 unspecified atom stereocenters. The number of rotatable bonds is 4. The van der Waals surface area contributed by atoms with Crippen LogP contribution in [0.4, 0.5) is 0 Å². The lowest BCUT2D eigenvalue weighted by molar-refractivity contribution is 0.385. The van der Waals surface area contributed by atoms with Gasteiger partial charge in [-0.3, -0.25) is 0 Å². The van der Waals surface area contributed by atoms with Gasteiger partial charge in [-0.15, -0.1) is 0 Å². The summed E-state index contributed by atoms with van der Waals surface area (Å²) in [5.74, 6) is 0.525. The predicted octanol–water partition coefficient (Wildman–Crippen LogP) is 5.78. The molecule has 0 amide bonds. The first-order chi connectivity index (χ1) is 10.3. The Labute approximate surface area is 133 Å². The Hall–Kier alpha value is -1.32. The third kappa shape index (κ3) is 3.14. The van der Waals surface area contributed by atoms with Crippen molar-refractivity contribution in [2.75, 3.05) is 0 Å². The van der Waals surface area contributed by atoms with E-state index in [1.54, 1.807) is 0 Å². The summed E-state index contributed by atoms with van der Waals surface area (Å²) in [6.45, 7) is 2.15. The van der Waals surface area contributed by atoms with E-state index < -0.39 is 0 Å². The summed E-state index contributed by atoms with van der Waals surface area (Å²) in [6, 6.07) is 17.1. The second kappa shape index (κ2) is 6.63. The number of fused-ring (bicyclic) bond motifs is 2. The second-order valence-electron chi connectivity index (χ2n) is 5.05. The van der Waals surface area contributed by atoms with Crippen LogP contribution in [0.15, 0.2) is 79.3 Å². The fraction of sp³-hybridized carbons (Fsp3) is 0.222. The minimum atomic E-state index is -0.161. The van der Waals surface area contributed by atoms with Gasteiger partial charge in [0.05, 0.1) is 20.7 Å². The first-order valence-electron chi connectivity index (χ1n) is 7.28. The van der Waals surface area contributed by atoms with E-state index in [-0.39, 0.29) is 10.9 Å². The fourth-order valence-corrected chi connectivity index (χ4v) is 5.91. The molecule has 3 rings (SSSR count). The number of unbranched alkanes of at least 4 members (excludes halogenated alkanes) is 1. The van der Waals surface area contributed by atoms with E-state index >= 15 is 0 Å². The van der Waals surface area contributed by atoms with Crippen molar-refractivity contribution in [1.29, 1.82) is 0 Å². The molecule has 0 aromatic heterocycles. The minimum Gasteiger partial charge on any atom is -0.508 e. The third-order valence-corrected chi connectivity index (χ3v) is 7.01. The summed E-state index contributed by atoms with van der Waals surface area (Å²) in [5, 5.41) is 12.3. The molecule has 0 radical (unpaired) electrons. The summed E-state index contributed by atoms with van der Waals surface area (Å²) in [7, 11) is -0.161. The zero-order chi connectivity index (χ0) is 14.7. The second-order valence-corrected chi connectivity index (χ2v) is 7.92. The van der Waals surface area contributed by atoms with Crippen molar-refractivity contribution in [3.05, 3.63) is 59.7 Å². The molecule has 1 N–H and O–H groups in total. The maximum absolute atomic E-state index is 10.2. The smallest absolute Gasteiger partial charge is 0.179 e. The largest absolute Gasteiger partial charge is 0.508 e. The van der Waals surface area contributed by atoms with Crippen LogP contribution in [0.2, 0.25) is 0 Å². The molecule has 0 atom stereocenters. The average molecular weight is 315 g/mol. The Morgan fingerprint density at radius 3 is 2.19 bits per heavy atom. The van der Waals surface area contributed by atoms with Crippen LogP contribution in [0, 0.1) is 0 Å². The fourth-order valence-electron chi connectivity index (χ4n) is 2.35. The third-order valence-electron chi connectivity index (χ3n) is 3.43. The zero-order valence-corrected chi connectivity index (χ0v) is 13.7. The molecule has 0 aliphatic carbocycles. The Kier molecular flexibility index (Phi) is 4.61. The van der Waals surface area contributed by atoms with Crippen molar-refractivity contribution in [3.8, 4) is 0 Å². The van der Waals surface area contributed by atoms with Gasteiger partial charge in [0.2, 0.25) is 0 Å². The summed E-state index contributed by atoms with van der Waals surface area (Å²) in [4.78, 5) is 5.26. The summed E-state index contributed by atoms with van der Waals surface area (Å²) in [5.41, 5.74) is 0. The quantitative estimate of drug-likeness (QED) is 0.570. The summed E-state index contributed by atoms with van der Waals surface area (Å²) in [6.07, 6.45) is 2.92. The minimum absolute atomic E-state index is 0.161. The SMILES string of the molecule is CCCC/C(O)=C/[S+]1c2ccccc2Sc2ccccc21. The van der Waals surface area contributed by atoms with Gasteiger partial charge in [0.25, 0.3) is 0 Å². The van der Waals surface area contributed by atoms with E-state index in [9.17, 15) is 5.11 Å². The van der Waals surface area contributed by atoms with Crippen LogP contribution in [0.25, 0.3) is 0 Å². The Balaban J connectivity index is 2.02. The first kappa shape index (κ1) is 14.6. The highest BCUT2D eigenvalue weighted by molar-refractivity contribution is 8.05. The number of hydrogen-bond acceptors (Lipinski definition) is 2. The zero-order valence-electron chi connectivity index (χ0n) is 12.1. The number of hydrogen-bond donors (Lipinski definition) is 1. The monoisotopic (exact) mass is 315 g/mol. The number of benzene rings is 2. The van der Waals surface area contributed by atoms with Crippen molar-refractivity contribution in [1.82, 2.24) is 0 Å². The molecule has 0 fully saturated rings. The Bertz CT molecular complexity index is 618. The highest BCUT2D eigenvalue weighted by atomic mass is 32.2. The maximum Gasteiger partial charge on any atom is 0.179 e. The summed E-state index contributed by atoms with van der Waals surface area (Å²) < 4.78 is 0. The van der Waals surface area contributed by atoms with Crippen molar-refractivity contribution in [3.63, 3.8) is 0 Å². The Morgan fingerprint density at radius 1 is 1.05 bits per heavy atom. The van der Waals surface area contributed by atoms with E-state index in [4.69, 9.17) is 0 Å². The molecule has 1 nitrogen and oxygen atoms in total. The lowest BCUT2D eigenvalue weighted by Gasteiger charge is -2.16. The van der Waals surface area contributed by atoms with E-state index in [0.29, 0.717) is 5.76 Å². The molecule has 2 aromatic carbocycles. The average Bonchev–Trinajstić information content (AvgIpc) is 2.52. The van der Waals surface area contributed by atoms with Crippen LogP contribution < -0.4 is 0 Å². The van der Waals surface area contributed by atoms with Gasteiger partial charge in [-0.05, 0) is 30.7 Å². The van der Waals surface area contributed by atoms with Gasteiger partial charge in [0.15, 0.2) is 15.2 Å². The molecule has 3 heteroatoms. The molecular weight excluding hydrogens is 296 g/mol. The lowest BCUT2D eigenvalue weighted by Crippen LogP contribution is -2.08. The maximum atomic E-state index is 10.2. The molecule has 0 saturated carbocycles. The van der Waals surface area contributed by atoms with Crippen LogP contribution >= 0.6 is 11.8 Å². The molecule has 0 bridgehead atoms. The highest BCUT2D eigenvalue weighted by Gasteiger charge is 2.34. The molecule has 0 saturated heterocycles. The molecule has 1 aliphatic rings. The van der Waals surface area contributed by atoms with Gasteiger partial charge < -0.3 is 5.11 Å². The van der Waals surface area contributed by atoms with Crippen molar-refractivity contribution < 1.29 is 5.11 Å². The van der Waals surface area contributed by atoms with Crippen molar-refractivity contribution in [2.45, 2.75) is 45.8 Å². The Morgan fingerprint density at radius 2 is 1.62 bits per heavy atom. The van der Waals surface area contributed by atoms with Gasteiger partial charge >= 0.3 is 0 Å². The van der Waals surface area contributed by atoms with Gasteiger partial charge in [0.1, 0.15) is 5.76 Å². The van der Waals surface area contributed by atoms with Crippen LogP contribution in [-0.4, -0.2) is 5.11 Å². The number of aliphatic hydroxyl groups excluding tert-OH is 1. The van der Waals surface area contributed by atoms with Gasteiger partial charge in [-0.2, -0.15) is 0 Å². The molecule has 0 spiro atoms. The first-order valence-corrected chi connectivity index (χ1v) is 9.38. The summed E-state index contributed by atoms with van der Waals surface area (Å²) >= 11 is 1.83. The number of aliphatic hydroxyl groups is 1. The number of allylic oxidation sites excluding steroid dienone is 1. The van der Waals surface area contributed by atoms with Gasteiger partial charge in [-0.1, -0.05) is 49.4 Å². The molecular formula is C18H19OS2+. The van der Waals surface area contributed by atoms with Crippen molar-refractivity contribution >= 4 is 22.7 Å².